The van der Waals surface area contributed by atoms with Crippen molar-refractivity contribution in [3.8, 4) is 0 Å². The third-order valence-electron chi connectivity index (χ3n) is 5.85. The third-order valence-corrected chi connectivity index (χ3v) is 5.85. The van der Waals surface area contributed by atoms with Crippen molar-refractivity contribution in [3.63, 3.8) is 0 Å². The van der Waals surface area contributed by atoms with Crippen LogP contribution in [-0.2, 0) is 6.42 Å². The van der Waals surface area contributed by atoms with Crippen molar-refractivity contribution in [1.82, 2.24) is 4.98 Å². The first-order valence-electron chi connectivity index (χ1n) is 12.6. The lowest BCUT2D eigenvalue weighted by Crippen LogP contribution is -1.88. The maximum absolute atomic E-state index is 10.6. The second kappa shape index (κ2) is 20.0. The van der Waals surface area contributed by atoms with E-state index in [0.29, 0.717) is 5.69 Å². The highest BCUT2D eigenvalue weighted by atomic mass is 16.1. The Morgan fingerprint density at radius 3 is 1.62 bits per heavy atom. The maximum atomic E-state index is 10.6. The molecule has 1 N–H and O–H groups in total. The Morgan fingerprint density at radius 1 is 0.655 bits per heavy atom. The lowest BCUT2D eigenvalue weighted by Gasteiger charge is -2.02. The van der Waals surface area contributed by atoms with Crippen LogP contribution in [0.3, 0.4) is 0 Å². The van der Waals surface area contributed by atoms with Gasteiger partial charge in [-0.25, -0.2) is 0 Å². The van der Waals surface area contributed by atoms with E-state index in [1.54, 1.807) is 0 Å². The second-order valence-corrected chi connectivity index (χ2v) is 8.66. The number of allylic oxidation sites excluding steroid dienone is 2. The van der Waals surface area contributed by atoms with E-state index in [1.807, 2.05) is 12.1 Å². The summed E-state index contributed by atoms with van der Waals surface area (Å²) >= 11 is 0. The molecule has 0 aliphatic rings. The fourth-order valence-corrected chi connectivity index (χ4v) is 3.94. The molecule has 1 heterocycles. The van der Waals surface area contributed by atoms with Gasteiger partial charge in [-0.2, -0.15) is 0 Å². The average Bonchev–Trinajstić information content (AvgIpc) is 3.20. The molecule has 0 aliphatic heterocycles. The van der Waals surface area contributed by atoms with E-state index < -0.39 is 0 Å². The lowest BCUT2D eigenvalue weighted by molar-refractivity contribution is 0.111. The molecule has 1 aromatic heterocycles. The molecule has 0 saturated carbocycles. The first-order valence-corrected chi connectivity index (χ1v) is 12.6. The molecule has 0 unspecified atom stereocenters. The molecule has 0 spiro atoms. The van der Waals surface area contributed by atoms with Gasteiger partial charge in [0.05, 0.1) is 5.69 Å². The van der Waals surface area contributed by atoms with Gasteiger partial charge in [0.25, 0.3) is 0 Å². The number of aldehydes is 1. The van der Waals surface area contributed by atoms with Crippen LogP contribution in [0.4, 0.5) is 0 Å². The van der Waals surface area contributed by atoms with Crippen LogP contribution in [0.5, 0.6) is 0 Å². The highest BCUT2D eigenvalue weighted by Crippen LogP contribution is 2.13. The molecule has 0 amide bonds. The van der Waals surface area contributed by atoms with E-state index in [4.69, 9.17) is 0 Å². The number of rotatable bonds is 21. The number of carbonyl (C=O) groups is 1. The Morgan fingerprint density at radius 2 is 1.14 bits per heavy atom. The van der Waals surface area contributed by atoms with Crippen LogP contribution in [-0.4, -0.2) is 11.3 Å². The molecule has 0 aliphatic carbocycles. The smallest absolute Gasteiger partial charge is 0.166 e. The van der Waals surface area contributed by atoms with Crippen molar-refractivity contribution in [2.45, 2.75) is 129 Å². The van der Waals surface area contributed by atoms with Crippen LogP contribution in [0, 0.1) is 0 Å². The summed E-state index contributed by atoms with van der Waals surface area (Å²) in [5, 5.41) is 0. The summed E-state index contributed by atoms with van der Waals surface area (Å²) in [6.07, 6.45) is 31.5. The van der Waals surface area contributed by atoms with Gasteiger partial charge in [0.2, 0.25) is 0 Å². The van der Waals surface area contributed by atoms with Gasteiger partial charge in [-0.15, -0.1) is 0 Å². The Balaban J connectivity index is 1.74. The first kappa shape index (κ1) is 25.7. The Bertz CT molecular complexity index is 502. The van der Waals surface area contributed by atoms with Gasteiger partial charge in [-0.3, -0.25) is 4.79 Å². The summed E-state index contributed by atoms with van der Waals surface area (Å²) in [7, 11) is 0. The molecule has 0 fully saturated rings. The molecule has 1 aromatic rings. The molecular formula is C27H47NO. The number of nitrogens with one attached hydrogen (secondary N) is 1. The zero-order valence-electron chi connectivity index (χ0n) is 19.2. The van der Waals surface area contributed by atoms with E-state index >= 15 is 0 Å². The van der Waals surface area contributed by atoms with Crippen molar-refractivity contribution in [1.29, 1.82) is 0 Å². The largest absolute Gasteiger partial charge is 0.356 e. The molecule has 0 atom stereocenters. The summed E-state index contributed by atoms with van der Waals surface area (Å²) in [5.74, 6) is 0. The van der Waals surface area contributed by atoms with Crippen molar-refractivity contribution in [2.24, 2.45) is 0 Å². The first-order chi connectivity index (χ1) is 14.4. The Hall–Kier alpha value is -1.31. The topological polar surface area (TPSA) is 32.9 Å². The standard InChI is InChI=1S/C27H47NO/c1-2-3-4-5-6-7-8-9-10-11-12-13-14-15-16-17-18-19-20-21-22-26-23-24-27(25-29)28-26/h10-11,23-25,28H,2-9,12-22H2,1H3/b11-10-. The quantitative estimate of drug-likeness (QED) is 0.124. The van der Waals surface area contributed by atoms with Crippen LogP contribution >= 0.6 is 0 Å². The fraction of sp³-hybridized carbons (Fsp3) is 0.741. The third kappa shape index (κ3) is 16.2. The summed E-state index contributed by atoms with van der Waals surface area (Å²) in [4.78, 5) is 13.8. The number of aryl methyl sites for hydroxylation is 1. The summed E-state index contributed by atoms with van der Waals surface area (Å²) < 4.78 is 0. The van der Waals surface area contributed by atoms with Gasteiger partial charge in [-0.05, 0) is 50.7 Å². The van der Waals surface area contributed by atoms with E-state index in [-0.39, 0.29) is 0 Å². The minimum atomic E-state index is 0.698. The van der Waals surface area contributed by atoms with E-state index in [0.717, 1.165) is 12.7 Å². The lowest BCUT2D eigenvalue weighted by atomic mass is 10.0. The molecule has 2 heteroatoms. The zero-order chi connectivity index (χ0) is 20.8. The molecule has 29 heavy (non-hydrogen) atoms. The monoisotopic (exact) mass is 401 g/mol. The molecule has 166 valence electrons. The molecule has 0 bridgehead atoms. The second-order valence-electron chi connectivity index (χ2n) is 8.66. The van der Waals surface area contributed by atoms with Crippen LogP contribution in [0.1, 0.15) is 139 Å². The van der Waals surface area contributed by atoms with E-state index in [9.17, 15) is 4.79 Å². The van der Waals surface area contributed by atoms with E-state index in [1.165, 1.54) is 121 Å². The van der Waals surface area contributed by atoms with E-state index in [2.05, 4.69) is 24.1 Å². The normalized spacial score (nSPS) is 11.5. The zero-order valence-corrected chi connectivity index (χ0v) is 19.2. The average molecular weight is 402 g/mol. The summed E-state index contributed by atoms with van der Waals surface area (Å²) in [5.41, 5.74) is 1.90. The number of hydrogen-bond acceptors (Lipinski definition) is 1. The van der Waals surface area contributed by atoms with Crippen LogP contribution in [0.15, 0.2) is 24.3 Å². The highest BCUT2D eigenvalue weighted by molar-refractivity contribution is 5.71. The van der Waals surface area contributed by atoms with Gasteiger partial charge < -0.3 is 4.98 Å². The fourth-order valence-electron chi connectivity index (χ4n) is 3.94. The van der Waals surface area contributed by atoms with Gasteiger partial charge >= 0.3 is 0 Å². The Labute approximate surface area is 181 Å². The van der Waals surface area contributed by atoms with Crippen molar-refractivity contribution in [2.75, 3.05) is 0 Å². The maximum Gasteiger partial charge on any atom is 0.166 e. The molecule has 1 rings (SSSR count). The predicted octanol–water partition coefficient (Wildman–Crippen LogP) is 8.97. The minimum Gasteiger partial charge on any atom is -0.356 e. The molecular weight excluding hydrogens is 354 g/mol. The summed E-state index contributed by atoms with van der Waals surface area (Å²) in [6, 6.07) is 3.91. The minimum absolute atomic E-state index is 0.698. The van der Waals surface area contributed by atoms with Crippen LogP contribution in [0.2, 0.25) is 0 Å². The van der Waals surface area contributed by atoms with Crippen LogP contribution < -0.4 is 0 Å². The number of H-pyrrole nitrogens is 1. The van der Waals surface area contributed by atoms with Gasteiger partial charge in [-0.1, -0.05) is 103 Å². The Kier molecular flexibility index (Phi) is 17.7. The van der Waals surface area contributed by atoms with Crippen molar-refractivity contribution >= 4 is 6.29 Å². The van der Waals surface area contributed by atoms with Crippen molar-refractivity contribution < 1.29 is 4.79 Å². The molecule has 2 nitrogen and oxygen atoms in total. The molecule has 0 saturated heterocycles. The SMILES string of the molecule is CCCCCCCCC/C=C\CCCCCCCCCCCc1ccc(C=O)[nH]1. The van der Waals surface area contributed by atoms with Gasteiger partial charge in [0.15, 0.2) is 6.29 Å². The van der Waals surface area contributed by atoms with Gasteiger partial charge in [0.1, 0.15) is 0 Å². The summed E-state index contributed by atoms with van der Waals surface area (Å²) in [6.45, 7) is 2.28. The van der Waals surface area contributed by atoms with Crippen molar-refractivity contribution in [3.05, 3.63) is 35.7 Å². The number of aromatic nitrogens is 1. The van der Waals surface area contributed by atoms with Gasteiger partial charge in [0, 0.05) is 5.69 Å². The molecule has 0 radical (unpaired) electrons. The predicted molar refractivity (Wildman–Crippen MR) is 128 cm³/mol. The highest BCUT2D eigenvalue weighted by Gasteiger charge is 1.98. The van der Waals surface area contributed by atoms with Crippen LogP contribution in [0.25, 0.3) is 0 Å². The number of aromatic amines is 1. The number of carbonyl (C=O) groups excluding carboxylic acids is 1. The molecule has 0 aromatic carbocycles. The number of unbranched alkanes of at least 4 members (excludes halogenated alkanes) is 16. The number of hydrogen-bond donors (Lipinski definition) is 1.